The maximum absolute atomic E-state index is 15.6. The zero-order valence-corrected chi connectivity index (χ0v) is 53.9. The lowest BCUT2D eigenvalue weighted by atomic mass is 9.82. The highest BCUT2D eigenvalue weighted by molar-refractivity contribution is 9.08. The molecule has 0 spiro atoms. The molecular weight excluding hydrogens is 1410 g/mol. The van der Waals surface area contributed by atoms with E-state index >= 15 is 8.78 Å². The number of pyridine rings is 3. The minimum Gasteiger partial charge on any atom is -0.480 e. The summed E-state index contributed by atoms with van der Waals surface area (Å²) in [7, 11) is -1.58. The lowest BCUT2D eigenvalue weighted by Gasteiger charge is -2.38. The maximum Gasteiger partial charge on any atom is 0.490 e. The van der Waals surface area contributed by atoms with Crippen LogP contribution in [0.1, 0.15) is 62.9 Å². The fourth-order valence-corrected chi connectivity index (χ4v) is 13.0. The standard InChI is InChI=1S/C23H17ClFN3O2S.C19H11ClF2N2S.C14H8BrClFNS.C5H5BFNO2.C4H7NO2.3CH4/c24-16-3-1-2-14(9-16)20-21(25)15(10-18-22(20)27-12-31-18)8-13-4-5-19(26-11-13)28-7-6-17(28)23(29)30;20-14-3-1-2-12(7-14)17-18(22)13(8-15-19(17)24-10-25-15)6-11-4-5-16(21)23-9-11;15-6-9-5-11-14(18-7-19-11)12(13(9)17)8-2-1-3-10(16)4-8;7-5-2-1-4(3-8-5)6(9)10;6-4(7)3-1-2-5-3;;;/h1-5,9-12,17H,6-8H2,(H,29,30);1-5,7-10H,6H2;1-5,7H,6H2;1-3,9-10H;3,5H,1-2H2,(H,6,7);3*1H4. The van der Waals surface area contributed by atoms with E-state index in [0.29, 0.717) is 113 Å². The highest BCUT2D eigenvalue weighted by atomic mass is 79.9. The van der Waals surface area contributed by atoms with Crippen molar-refractivity contribution in [3.63, 3.8) is 0 Å². The third-order valence-electron chi connectivity index (χ3n) is 14.6. The van der Waals surface area contributed by atoms with Gasteiger partial charge in [0.25, 0.3) is 0 Å². The number of carboxylic acid groups (broad SMARTS) is 2. The van der Waals surface area contributed by atoms with Gasteiger partial charge in [-0.1, -0.05) is 128 Å². The molecule has 0 saturated carbocycles. The number of anilines is 1. The summed E-state index contributed by atoms with van der Waals surface area (Å²) in [6, 6.07) is 34.9. The van der Waals surface area contributed by atoms with E-state index in [1.165, 1.54) is 52.3 Å². The van der Waals surface area contributed by atoms with Crippen LogP contribution in [0.3, 0.4) is 0 Å². The molecular formula is C68H60BBrCl3F5N8O6S3. The molecule has 95 heavy (non-hydrogen) atoms. The number of fused-ring (bicyclic) bond motifs is 3. The molecule has 2 saturated heterocycles. The van der Waals surface area contributed by atoms with E-state index in [-0.39, 0.29) is 51.2 Å². The zero-order chi connectivity index (χ0) is 65.2. The fourth-order valence-electron chi connectivity index (χ4n) is 9.77. The normalized spacial score (nSPS) is 13.4. The van der Waals surface area contributed by atoms with Crippen LogP contribution in [0.4, 0.5) is 27.8 Å². The second-order valence-corrected chi connectivity index (χ2v) is 25.1. The SMILES string of the molecule is C.C.C.Fc1c(CBr)cc2scnc2c1-c1cccc(Cl)c1.Fc1ccc(Cc2cc3scnc3c(-c3cccc(Cl)c3)c2F)cn1.O=C(O)C1CCN1.O=C(O)C1CCN1c1ccc(Cc2cc3scnc3c(-c3cccc(Cl)c3)c2F)cn1.OB(O)c1ccc(F)nc1. The van der Waals surface area contributed by atoms with E-state index in [0.717, 1.165) is 56.0 Å². The number of hydrogen-bond donors (Lipinski definition) is 5. The van der Waals surface area contributed by atoms with Gasteiger partial charge in [-0.05, 0) is 131 Å². The third-order valence-corrected chi connectivity index (χ3v) is 18.2. The molecule has 12 aromatic rings. The van der Waals surface area contributed by atoms with E-state index in [2.05, 4.69) is 51.2 Å². The Bertz CT molecular complexity index is 4600. The molecule has 492 valence electrons. The number of alkyl halides is 1. The summed E-state index contributed by atoms with van der Waals surface area (Å²) in [5, 5.41) is 39.3. The third kappa shape index (κ3) is 18.2. The molecule has 0 aliphatic carbocycles. The molecule has 2 unspecified atom stereocenters. The summed E-state index contributed by atoms with van der Waals surface area (Å²) >= 11 is 26.0. The van der Waals surface area contributed by atoms with Gasteiger partial charge in [0.2, 0.25) is 11.9 Å². The van der Waals surface area contributed by atoms with Crippen LogP contribution in [0.2, 0.25) is 15.1 Å². The van der Waals surface area contributed by atoms with Crippen molar-refractivity contribution in [2.75, 3.05) is 18.0 Å². The van der Waals surface area contributed by atoms with Crippen molar-refractivity contribution < 1.29 is 51.8 Å². The highest BCUT2D eigenvalue weighted by Gasteiger charge is 2.35. The van der Waals surface area contributed by atoms with Crippen molar-refractivity contribution in [3.05, 3.63) is 235 Å². The van der Waals surface area contributed by atoms with Gasteiger partial charge in [-0.3, -0.25) is 4.79 Å². The molecule has 5 N–H and O–H groups in total. The van der Waals surface area contributed by atoms with E-state index in [4.69, 9.17) is 50.0 Å². The minimum absolute atomic E-state index is 0. The molecule has 14 nitrogen and oxygen atoms in total. The molecule has 2 aliphatic rings. The number of aromatic nitrogens is 6. The summed E-state index contributed by atoms with van der Waals surface area (Å²) in [6.07, 6.45) is 6.26. The summed E-state index contributed by atoms with van der Waals surface area (Å²) in [4.78, 5) is 47.2. The highest BCUT2D eigenvalue weighted by Crippen LogP contribution is 2.40. The van der Waals surface area contributed by atoms with Crippen LogP contribution in [-0.2, 0) is 27.8 Å². The maximum atomic E-state index is 15.6. The Morgan fingerprint density at radius 1 is 0.547 bits per heavy atom. The number of nitrogens with zero attached hydrogens (tertiary/aromatic N) is 7. The average Bonchev–Trinajstić information content (AvgIpc) is 1.76. The lowest BCUT2D eigenvalue weighted by molar-refractivity contribution is -0.141. The molecule has 0 radical (unpaired) electrons. The van der Waals surface area contributed by atoms with Gasteiger partial charge in [-0.15, -0.1) is 34.0 Å². The molecule has 2 fully saturated rings. The largest absolute Gasteiger partial charge is 0.490 e. The smallest absolute Gasteiger partial charge is 0.480 e. The number of rotatable bonds is 12. The van der Waals surface area contributed by atoms with E-state index < -0.39 is 37.0 Å². The Balaban J connectivity index is 0.000000179. The molecule has 0 bridgehead atoms. The molecule has 0 amide bonds. The molecule has 2 atom stereocenters. The number of nitrogens with one attached hydrogen (secondary N) is 1. The second-order valence-electron chi connectivity index (χ2n) is 20.6. The number of thiazole rings is 3. The first-order valence-electron chi connectivity index (χ1n) is 27.8. The van der Waals surface area contributed by atoms with Crippen LogP contribution >= 0.6 is 84.7 Å². The Morgan fingerprint density at radius 3 is 1.28 bits per heavy atom. The number of benzene rings is 6. The van der Waals surface area contributed by atoms with Crippen LogP contribution in [0.5, 0.6) is 0 Å². The number of carboxylic acids is 2. The first kappa shape index (κ1) is 74.5. The Kier molecular flexibility index (Phi) is 26.8. The number of aliphatic carboxylic acids is 2. The van der Waals surface area contributed by atoms with E-state index in [1.807, 2.05) is 42.5 Å². The Labute approximate surface area is 580 Å². The molecule has 27 heteroatoms. The van der Waals surface area contributed by atoms with Crippen molar-refractivity contribution in [2.45, 2.75) is 65.4 Å². The number of carbonyl (C=O) groups is 2. The summed E-state index contributed by atoms with van der Waals surface area (Å²) in [6.45, 7) is 1.53. The van der Waals surface area contributed by atoms with Gasteiger partial charge in [-0.25, -0.2) is 47.9 Å². The van der Waals surface area contributed by atoms with E-state index in [9.17, 15) is 27.9 Å². The quantitative estimate of drug-likeness (QED) is 0.0334. The van der Waals surface area contributed by atoms with Crippen molar-refractivity contribution in [3.8, 4) is 33.4 Å². The Morgan fingerprint density at radius 2 is 0.968 bits per heavy atom. The first-order valence-corrected chi connectivity index (χ1v) is 32.7. The molecule has 14 rings (SSSR count). The van der Waals surface area contributed by atoms with Crippen LogP contribution in [0.15, 0.2) is 163 Å². The van der Waals surface area contributed by atoms with Gasteiger partial charge < -0.3 is 30.5 Å². The van der Waals surface area contributed by atoms with Gasteiger partial charge >= 0.3 is 19.1 Å². The zero-order valence-electron chi connectivity index (χ0n) is 47.6. The molecule has 8 heterocycles. The average molecular weight is 1470 g/mol. The van der Waals surface area contributed by atoms with Crippen molar-refractivity contribution in [1.82, 2.24) is 35.2 Å². The van der Waals surface area contributed by atoms with Crippen LogP contribution in [0.25, 0.3) is 64.0 Å². The topological polar surface area (TPSA) is 208 Å². The summed E-state index contributed by atoms with van der Waals surface area (Å²) in [5.41, 5.74) is 14.1. The second kappa shape index (κ2) is 34.2. The van der Waals surface area contributed by atoms with Crippen LogP contribution < -0.4 is 15.7 Å². The van der Waals surface area contributed by atoms with Crippen molar-refractivity contribution in [1.29, 1.82) is 0 Å². The summed E-state index contributed by atoms with van der Waals surface area (Å²) in [5.74, 6) is -3.04. The van der Waals surface area contributed by atoms with Gasteiger partial charge in [0.05, 0.1) is 47.2 Å². The van der Waals surface area contributed by atoms with Gasteiger partial charge in [0.1, 0.15) is 35.4 Å². The van der Waals surface area contributed by atoms with Crippen molar-refractivity contribution >= 4 is 146 Å². The van der Waals surface area contributed by atoms with Crippen LogP contribution in [-0.4, -0.2) is 94.4 Å². The monoisotopic (exact) mass is 1470 g/mol. The Hall–Kier alpha value is -7.88. The van der Waals surface area contributed by atoms with Crippen LogP contribution in [0, 0.1) is 29.3 Å². The van der Waals surface area contributed by atoms with Gasteiger partial charge in [-0.2, -0.15) is 8.78 Å². The summed E-state index contributed by atoms with van der Waals surface area (Å²) < 4.78 is 73.3. The first-order chi connectivity index (χ1) is 44.3. The minimum atomic E-state index is -1.58. The molecule has 6 aromatic carbocycles. The number of halogens is 9. The van der Waals surface area contributed by atoms with Crippen molar-refractivity contribution in [2.24, 2.45) is 0 Å². The lowest BCUT2D eigenvalue weighted by Crippen LogP contribution is -2.52. The van der Waals surface area contributed by atoms with Gasteiger partial charge in [0.15, 0.2) is 0 Å². The molecule has 2 aliphatic heterocycles. The van der Waals surface area contributed by atoms with E-state index in [1.54, 1.807) is 94.4 Å². The number of hydrogen-bond acceptors (Lipinski definition) is 15. The van der Waals surface area contributed by atoms with Gasteiger partial charge in [0, 0.05) is 86.1 Å². The fraction of sp³-hybridized carbons (Fsp3) is 0.176. The molecule has 6 aromatic heterocycles. The predicted molar refractivity (Wildman–Crippen MR) is 378 cm³/mol. The predicted octanol–water partition coefficient (Wildman–Crippen LogP) is 17.2.